The van der Waals surface area contributed by atoms with Crippen LogP contribution in [0.5, 0.6) is 5.75 Å². The average molecular weight is 369 g/mol. The summed E-state index contributed by atoms with van der Waals surface area (Å²) in [5.74, 6) is 1.89. The Bertz CT molecular complexity index is 782. The molecule has 1 saturated carbocycles. The molecule has 0 radical (unpaired) electrons. The first-order valence-electron chi connectivity index (χ1n) is 10.1. The number of rotatable bonds is 7. The van der Waals surface area contributed by atoms with Crippen molar-refractivity contribution >= 4 is 11.6 Å². The third-order valence-corrected chi connectivity index (χ3v) is 5.52. The highest BCUT2D eigenvalue weighted by atomic mass is 16.5. The largest absolute Gasteiger partial charge is 0.494 e. The van der Waals surface area contributed by atoms with Crippen LogP contribution in [0, 0.1) is 0 Å². The van der Waals surface area contributed by atoms with Crippen LogP contribution in [0.25, 0.3) is 0 Å². The normalized spacial score (nSPS) is 17.4. The molecule has 1 aliphatic carbocycles. The molecule has 2 aliphatic rings. The molecule has 0 spiro atoms. The SMILES string of the molecule is O=C1CCc2ccc(OCCCCc3nnnn3C3CCCCC3)cc2N1. The molecule has 4 rings (SSSR count). The lowest BCUT2D eigenvalue weighted by Gasteiger charge is -2.22. The number of ether oxygens (including phenoxy) is 1. The summed E-state index contributed by atoms with van der Waals surface area (Å²) in [5, 5.41) is 15.2. The molecular formula is C20H27N5O2. The van der Waals surface area contributed by atoms with E-state index < -0.39 is 0 Å². The zero-order chi connectivity index (χ0) is 18.5. The number of hydrogen-bond acceptors (Lipinski definition) is 5. The van der Waals surface area contributed by atoms with Crippen LogP contribution in [0.15, 0.2) is 18.2 Å². The Morgan fingerprint density at radius 1 is 1.15 bits per heavy atom. The summed E-state index contributed by atoms with van der Waals surface area (Å²) in [7, 11) is 0. The Labute approximate surface area is 159 Å². The van der Waals surface area contributed by atoms with E-state index in [1.807, 2.05) is 22.9 Å². The summed E-state index contributed by atoms with van der Waals surface area (Å²) in [6.45, 7) is 0.651. The van der Waals surface area contributed by atoms with Crippen LogP contribution in [0.2, 0.25) is 0 Å². The second kappa shape index (κ2) is 8.50. The molecule has 1 aliphatic heterocycles. The highest BCUT2D eigenvalue weighted by Gasteiger charge is 2.19. The Morgan fingerprint density at radius 2 is 2.04 bits per heavy atom. The molecule has 0 bridgehead atoms. The van der Waals surface area contributed by atoms with E-state index in [0.29, 0.717) is 19.1 Å². The van der Waals surface area contributed by atoms with Crippen LogP contribution in [-0.4, -0.2) is 32.7 Å². The van der Waals surface area contributed by atoms with Crippen molar-refractivity contribution in [3.8, 4) is 5.75 Å². The van der Waals surface area contributed by atoms with Crippen molar-refractivity contribution < 1.29 is 9.53 Å². The van der Waals surface area contributed by atoms with Crippen LogP contribution in [-0.2, 0) is 17.6 Å². The smallest absolute Gasteiger partial charge is 0.224 e. The van der Waals surface area contributed by atoms with E-state index in [2.05, 4.69) is 20.8 Å². The van der Waals surface area contributed by atoms with Gasteiger partial charge in [-0.15, -0.1) is 5.10 Å². The fourth-order valence-corrected chi connectivity index (χ4v) is 4.00. The summed E-state index contributed by atoms with van der Waals surface area (Å²) in [5.41, 5.74) is 2.06. The lowest BCUT2D eigenvalue weighted by atomic mass is 9.95. The van der Waals surface area contributed by atoms with Gasteiger partial charge >= 0.3 is 0 Å². The molecule has 2 heterocycles. The van der Waals surface area contributed by atoms with Gasteiger partial charge in [0, 0.05) is 24.6 Å². The summed E-state index contributed by atoms with van der Waals surface area (Å²) in [4.78, 5) is 11.5. The first-order valence-corrected chi connectivity index (χ1v) is 10.1. The van der Waals surface area contributed by atoms with Crippen LogP contribution < -0.4 is 10.1 Å². The number of aromatic nitrogens is 4. The number of unbranched alkanes of at least 4 members (excludes halogenated alkanes) is 1. The molecule has 0 atom stereocenters. The number of nitrogens with one attached hydrogen (secondary N) is 1. The molecule has 27 heavy (non-hydrogen) atoms. The van der Waals surface area contributed by atoms with E-state index in [9.17, 15) is 4.79 Å². The summed E-state index contributed by atoms with van der Waals surface area (Å²) in [6, 6.07) is 6.43. The molecule has 0 unspecified atom stereocenters. The molecule has 1 aromatic heterocycles. The number of amides is 1. The minimum absolute atomic E-state index is 0.0790. The quantitative estimate of drug-likeness (QED) is 0.756. The van der Waals surface area contributed by atoms with Gasteiger partial charge in [-0.05, 0) is 54.2 Å². The van der Waals surface area contributed by atoms with Crippen molar-refractivity contribution in [2.24, 2.45) is 0 Å². The maximum Gasteiger partial charge on any atom is 0.224 e. The van der Waals surface area contributed by atoms with Crippen molar-refractivity contribution in [2.75, 3.05) is 11.9 Å². The zero-order valence-electron chi connectivity index (χ0n) is 15.7. The Morgan fingerprint density at radius 3 is 2.93 bits per heavy atom. The Kier molecular flexibility index (Phi) is 5.65. The van der Waals surface area contributed by atoms with Gasteiger partial charge in [0.05, 0.1) is 12.6 Å². The minimum atomic E-state index is 0.0790. The topological polar surface area (TPSA) is 81.9 Å². The molecule has 2 aromatic rings. The number of carbonyl (C=O) groups is 1. The standard InChI is InChI=1S/C20H27N5O2/c26-20-12-10-15-9-11-17(14-18(15)21-20)27-13-5-4-8-19-22-23-24-25(19)16-6-2-1-3-7-16/h9,11,14,16H,1-8,10,12-13H2,(H,21,26). The first kappa shape index (κ1) is 17.9. The number of fused-ring (bicyclic) bond motifs is 1. The number of hydrogen-bond donors (Lipinski definition) is 1. The van der Waals surface area contributed by atoms with Gasteiger partial charge < -0.3 is 10.1 Å². The lowest BCUT2D eigenvalue weighted by molar-refractivity contribution is -0.116. The molecule has 7 heteroatoms. The first-order chi connectivity index (χ1) is 13.3. The van der Waals surface area contributed by atoms with E-state index in [1.54, 1.807) is 0 Å². The zero-order valence-corrected chi connectivity index (χ0v) is 15.7. The van der Waals surface area contributed by atoms with Gasteiger partial charge in [0.15, 0.2) is 5.82 Å². The molecule has 7 nitrogen and oxygen atoms in total. The van der Waals surface area contributed by atoms with Crippen molar-refractivity contribution in [1.29, 1.82) is 0 Å². The summed E-state index contributed by atoms with van der Waals surface area (Å²) >= 11 is 0. The van der Waals surface area contributed by atoms with Gasteiger partial charge in [0.1, 0.15) is 5.75 Å². The van der Waals surface area contributed by atoms with Crippen LogP contribution in [0.3, 0.4) is 0 Å². The van der Waals surface area contributed by atoms with Gasteiger partial charge in [0.2, 0.25) is 5.91 Å². The van der Waals surface area contributed by atoms with E-state index in [1.165, 1.54) is 37.7 Å². The third kappa shape index (κ3) is 4.46. The number of carbonyl (C=O) groups excluding carboxylic acids is 1. The minimum Gasteiger partial charge on any atom is -0.494 e. The number of benzene rings is 1. The van der Waals surface area contributed by atoms with E-state index in [0.717, 1.165) is 42.9 Å². The van der Waals surface area contributed by atoms with Crippen molar-refractivity contribution in [1.82, 2.24) is 20.2 Å². The highest BCUT2D eigenvalue weighted by Crippen LogP contribution is 2.28. The maximum absolute atomic E-state index is 11.5. The number of aryl methyl sites for hydroxylation is 2. The summed E-state index contributed by atoms with van der Waals surface area (Å²) in [6.07, 6.45) is 10.5. The molecule has 144 valence electrons. The molecule has 1 fully saturated rings. The maximum atomic E-state index is 11.5. The molecular weight excluding hydrogens is 342 g/mol. The summed E-state index contributed by atoms with van der Waals surface area (Å²) < 4.78 is 7.91. The van der Waals surface area contributed by atoms with Crippen LogP contribution in [0.4, 0.5) is 5.69 Å². The van der Waals surface area contributed by atoms with Crippen LogP contribution >= 0.6 is 0 Å². The van der Waals surface area contributed by atoms with Gasteiger partial charge in [0.25, 0.3) is 0 Å². The van der Waals surface area contributed by atoms with Gasteiger partial charge in [-0.3, -0.25) is 4.79 Å². The fourth-order valence-electron chi connectivity index (χ4n) is 4.00. The van der Waals surface area contributed by atoms with E-state index >= 15 is 0 Å². The van der Waals surface area contributed by atoms with Gasteiger partial charge in [-0.1, -0.05) is 25.3 Å². The Hall–Kier alpha value is -2.44. The van der Waals surface area contributed by atoms with Gasteiger partial charge in [-0.25, -0.2) is 4.68 Å². The van der Waals surface area contributed by atoms with Crippen molar-refractivity contribution in [3.63, 3.8) is 0 Å². The van der Waals surface area contributed by atoms with Crippen molar-refractivity contribution in [2.45, 2.75) is 70.3 Å². The predicted molar refractivity (Wildman–Crippen MR) is 102 cm³/mol. The number of tetrazole rings is 1. The fraction of sp³-hybridized carbons (Fsp3) is 0.600. The van der Waals surface area contributed by atoms with Crippen molar-refractivity contribution in [3.05, 3.63) is 29.6 Å². The highest BCUT2D eigenvalue weighted by molar-refractivity contribution is 5.94. The second-order valence-corrected chi connectivity index (χ2v) is 7.50. The predicted octanol–water partition coefficient (Wildman–Crippen LogP) is 3.46. The average Bonchev–Trinajstić information content (AvgIpc) is 3.16. The Balaban J connectivity index is 1.23. The van der Waals surface area contributed by atoms with E-state index in [4.69, 9.17) is 4.74 Å². The second-order valence-electron chi connectivity index (χ2n) is 7.50. The lowest BCUT2D eigenvalue weighted by Crippen LogP contribution is -2.18. The molecule has 1 N–H and O–H groups in total. The van der Waals surface area contributed by atoms with E-state index in [-0.39, 0.29) is 5.91 Å². The monoisotopic (exact) mass is 369 g/mol. The van der Waals surface area contributed by atoms with Gasteiger partial charge in [-0.2, -0.15) is 0 Å². The third-order valence-electron chi connectivity index (χ3n) is 5.52. The molecule has 1 aromatic carbocycles. The number of anilines is 1. The van der Waals surface area contributed by atoms with Crippen LogP contribution in [0.1, 0.15) is 68.8 Å². The molecule has 0 saturated heterocycles. The number of nitrogens with zero attached hydrogens (tertiary/aromatic N) is 4. The molecule has 1 amide bonds.